The van der Waals surface area contributed by atoms with Crippen LogP contribution in [0.3, 0.4) is 0 Å². The van der Waals surface area contributed by atoms with Gasteiger partial charge in [0.25, 0.3) is 0 Å². The summed E-state index contributed by atoms with van der Waals surface area (Å²) in [5.74, 6) is 0.955. The van der Waals surface area contributed by atoms with Gasteiger partial charge in [0, 0.05) is 31.9 Å². The molecular weight excluding hydrogens is 288 g/mol. The summed E-state index contributed by atoms with van der Waals surface area (Å²) >= 11 is 0. The first-order valence-electron chi connectivity index (χ1n) is 7.60. The summed E-state index contributed by atoms with van der Waals surface area (Å²) in [6.07, 6.45) is 8.40. The molecule has 0 saturated carbocycles. The maximum Gasteiger partial charge on any atom is 0.244 e. The molecule has 1 aliphatic rings. The van der Waals surface area contributed by atoms with Crippen LogP contribution in [0.15, 0.2) is 12.4 Å². The quantitative estimate of drug-likeness (QED) is 0.926. The third-order valence-corrected chi connectivity index (χ3v) is 4.33. The van der Waals surface area contributed by atoms with Crippen molar-refractivity contribution in [3.8, 4) is 0 Å². The molecule has 0 spiro atoms. The second kappa shape index (κ2) is 8.39. The lowest BCUT2D eigenvalue weighted by Crippen LogP contribution is -2.40. The molecular formula is C15H27ClN4O. The van der Waals surface area contributed by atoms with Crippen molar-refractivity contribution in [2.75, 3.05) is 20.1 Å². The Morgan fingerprint density at radius 3 is 2.81 bits per heavy atom. The van der Waals surface area contributed by atoms with Crippen molar-refractivity contribution >= 4 is 18.3 Å². The topological polar surface area (TPSA) is 50.2 Å². The smallest absolute Gasteiger partial charge is 0.244 e. The predicted octanol–water partition coefficient (Wildman–Crippen LogP) is 2.14. The van der Waals surface area contributed by atoms with Gasteiger partial charge in [0.2, 0.25) is 5.91 Å². The molecule has 0 bridgehead atoms. The van der Waals surface area contributed by atoms with Crippen LogP contribution in [0.4, 0.5) is 0 Å². The monoisotopic (exact) mass is 314 g/mol. The molecule has 21 heavy (non-hydrogen) atoms. The molecule has 1 saturated heterocycles. The van der Waals surface area contributed by atoms with Gasteiger partial charge in [0.15, 0.2) is 0 Å². The Labute approximate surface area is 133 Å². The minimum atomic E-state index is -0.276. The van der Waals surface area contributed by atoms with Crippen molar-refractivity contribution in [3.63, 3.8) is 0 Å². The zero-order chi connectivity index (χ0) is 14.5. The lowest BCUT2D eigenvalue weighted by Gasteiger charge is -2.25. The Balaban J connectivity index is 0.00000220. The number of nitrogens with one attached hydrogen (secondary N) is 1. The van der Waals surface area contributed by atoms with Crippen LogP contribution in [-0.4, -0.2) is 40.7 Å². The van der Waals surface area contributed by atoms with E-state index in [4.69, 9.17) is 0 Å². The molecule has 0 aromatic carbocycles. The van der Waals surface area contributed by atoms with E-state index in [1.54, 1.807) is 10.9 Å². The molecule has 6 heteroatoms. The zero-order valence-electron chi connectivity index (χ0n) is 13.2. The second-order valence-corrected chi connectivity index (χ2v) is 5.70. The highest BCUT2D eigenvalue weighted by Gasteiger charge is 2.27. The van der Waals surface area contributed by atoms with Gasteiger partial charge in [0.1, 0.15) is 6.04 Å². The first-order valence-corrected chi connectivity index (χ1v) is 7.60. The van der Waals surface area contributed by atoms with E-state index in [1.807, 2.05) is 25.2 Å². The van der Waals surface area contributed by atoms with Gasteiger partial charge < -0.3 is 10.2 Å². The average molecular weight is 315 g/mol. The molecule has 1 aliphatic heterocycles. The number of likely N-dealkylation sites (N-methyl/N-ethyl adjacent to an activating group) is 1. The normalized spacial score (nSPS) is 20.5. The first kappa shape index (κ1) is 18.0. The van der Waals surface area contributed by atoms with Crippen molar-refractivity contribution < 1.29 is 4.79 Å². The van der Waals surface area contributed by atoms with Crippen LogP contribution in [0.5, 0.6) is 0 Å². The number of aryl methyl sites for hydroxylation is 1. The van der Waals surface area contributed by atoms with Crippen molar-refractivity contribution in [1.82, 2.24) is 20.0 Å². The molecule has 2 atom stereocenters. The number of hydrogen-bond donors (Lipinski definition) is 1. The lowest BCUT2D eigenvalue weighted by molar-refractivity contribution is -0.133. The fraction of sp³-hybridized carbons (Fsp3) is 0.733. The number of carbonyl (C=O) groups is 1. The summed E-state index contributed by atoms with van der Waals surface area (Å²) < 4.78 is 1.74. The number of amides is 1. The summed E-state index contributed by atoms with van der Waals surface area (Å²) in [6, 6.07) is -0.276. The van der Waals surface area contributed by atoms with Crippen LogP contribution in [0.2, 0.25) is 0 Å². The molecule has 1 aromatic heterocycles. The van der Waals surface area contributed by atoms with Crippen LogP contribution >= 0.6 is 12.4 Å². The van der Waals surface area contributed by atoms with Crippen molar-refractivity contribution in [2.24, 2.45) is 13.0 Å². The first-order chi connectivity index (χ1) is 9.65. The number of nitrogens with zero attached hydrogens (tertiary/aromatic N) is 3. The predicted molar refractivity (Wildman–Crippen MR) is 86.5 cm³/mol. The van der Waals surface area contributed by atoms with Gasteiger partial charge in [-0.3, -0.25) is 9.48 Å². The zero-order valence-corrected chi connectivity index (χ0v) is 14.0. The van der Waals surface area contributed by atoms with Gasteiger partial charge in [-0.2, -0.15) is 5.10 Å². The van der Waals surface area contributed by atoms with E-state index < -0.39 is 0 Å². The molecule has 1 aromatic rings. The Hall–Kier alpha value is -1.07. The molecule has 2 rings (SSSR count). The lowest BCUT2D eigenvalue weighted by atomic mass is 9.98. The van der Waals surface area contributed by atoms with Gasteiger partial charge in [0.05, 0.1) is 6.20 Å². The molecule has 1 N–H and O–H groups in total. The Kier molecular flexibility index (Phi) is 7.18. The Morgan fingerprint density at radius 1 is 1.48 bits per heavy atom. The van der Waals surface area contributed by atoms with Crippen molar-refractivity contribution in [1.29, 1.82) is 0 Å². The van der Waals surface area contributed by atoms with Gasteiger partial charge in [-0.15, -0.1) is 12.4 Å². The number of hydrogen-bond acceptors (Lipinski definition) is 3. The Bertz CT molecular complexity index is 449. The van der Waals surface area contributed by atoms with Gasteiger partial charge >= 0.3 is 0 Å². The van der Waals surface area contributed by atoms with Crippen LogP contribution < -0.4 is 5.32 Å². The van der Waals surface area contributed by atoms with Crippen LogP contribution in [-0.2, 0) is 11.8 Å². The number of halogens is 1. The van der Waals surface area contributed by atoms with Gasteiger partial charge in [-0.1, -0.05) is 13.3 Å². The minimum Gasteiger partial charge on any atom is -0.341 e. The average Bonchev–Trinajstić information content (AvgIpc) is 2.74. The van der Waals surface area contributed by atoms with E-state index in [0.717, 1.165) is 37.4 Å². The molecule has 2 heterocycles. The summed E-state index contributed by atoms with van der Waals surface area (Å²) in [7, 11) is 3.71. The minimum absolute atomic E-state index is 0. The molecule has 1 fully saturated rings. The largest absolute Gasteiger partial charge is 0.341 e. The maximum absolute atomic E-state index is 12.7. The van der Waals surface area contributed by atoms with E-state index in [-0.39, 0.29) is 24.4 Å². The molecule has 0 radical (unpaired) electrons. The third-order valence-electron chi connectivity index (χ3n) is 4.33. The summed E-state index contributed by atoms with van der Waals surface area (Å²) in [6.45, 7) is 4.01. The molecule has 120 valence electrons. The van der Waals surface area contributed by atoms with E-state index in [9.17, 15) is 4.79 Å². The standard InChI is InChI=1S/C15H26N4O.ClH/c1-4-12-6-5-8-19(9-7-12)15(20)14(16-2)13-10-17-18(3)11-13;/h10-12,14,16H,4-9H2,1-3H3;1H. The molecule has 0 aliphatic carbocycles. The van der Waals surface area contributed by atoms with Crippen LogP contribution in [0, 0.1) is 5.92 Å². The molecule has 1 amide bonds. The fourth-order valence-corrected chi connectivity index (χ4v) is 3.00. The maximum atomic E-state index is 12.7. The summed E-state index contributed by atoms with van der Waals surface area (Å²) in [4.78, 5) is 14.7. The van der Waals surface area contributed by atoms with E-state index in [2.05, 4.69) is 17.3 Å². The van der Waals surface area contributed by atoms with E-state index >= 15 is 0 Å². The van der Waals surface area contributed by atoms with Gasteiger partial charge in [-0.25, -0.2) is 0 Å². The highest BCUT2D eigenvalue weighted by molar-refractivity contribution is 5.85. The highest BCUT2D eigenvalue weighted by Crippen LogP contribution is 2.23. The fourth-order valence-electron chi connectivity index (χ4n) is 3.00. The summed E-state index contributed by atoms with van der Waals surface area (Å²) in [5.41, 5.74) is 0.941. The number of rotatable bonds is 4. The van der Waals surface area contributed by atoms with Crippen molar-refractivity contribution in [2.45, 2.75) is 38.6 Å². The Morgan fingerprint density at radius 2 is 2.24 bits per heavy atom. The number of aromatic nitrogens is 2. The summed E-state index contributed by atoms with van der Waals surface area (Å²) in [5, 5.41) is 7.29. The van der Waals surface area contributed by atoms with E-state index in [0.29, 0.717) is 0 Å². The highest BCUT2D eigenvalue weighted by atomic mass is 35.5. The van der Waals surface area contributed by atoms with E-state index in [1.165, 1.54) is 12.8 Å². The number of carbonyl (C=O) groups excluding carboxylic acids is 1. The molecule has 5 nitrogen and oxygen atoms in total. The van der Waals surface area contributed by atoms with Gasteiger partial charge in [-0.05, 0) is 32.2 Å². The number of likely N-dealkylation sites (tertiary alicyclic amines) is 1. The molecule has 2 unspecified atom stereocenters. The SMILES string of the molecule is CCC1CCCN(C(=O)C(NC)c2cnn(C)c2)CC1.Cl. The van der Waals surface area contributed by atoms with Crippen LogP contribution in [0.1, 0.15) is 44.2 Å². The van der Waals surface area contributed by atoms with Crippen molar-refractivity contribution in [3.05, 3.63) is 18.0 Å². The second-order valence-electron chi connectivity index (χ2n) is 5.70. The van der Waals surface area contributed by atoms with Crippen LogP contribution in [0.25, 0.3) is 0 Å². The third kappa shape index (κ3) is 4.45.